The van der Waals surface area contributed by atoms with Gasteiger partial charge in [-0.15, -0.1) is 6.42 Å². The molecular formula is C42H39F5N8O2. The number of aromatic nitrogens is 5. The largest absolute Gasteiger partial charge is 0.475 e. The lowest BCUT2D eigenvalue weighted by Gasteiger charge is -2.43. The normalized spacial score (nSPS) is 25.6. The fraction of sp³-hybridized carbons (Fsp3) is 0.452. The molecular weight excluding hydrogens is 744 g/mol. The van der Waals surface area contributed by atoms with Crippen LogP contribution in [0.4, 0.5) is 27.8 Å². The Labute approximate surface area is 325 Å². The second kappa shape index (κ2) is 13.7. The highest BCUT2D eigenvalue weighted by molar-refractivity contribution is 6.02. The second-order valence-corrected chi connectivity index (χ2v) is 16.0. The number of hydrogen-bond acceptors (Lipinski definition) is 10. The van der Waals surface area contributed by atoms with Crippen molar-refractivity contribution in [3.05, 3.63) is 71.3 Å². The minimum atomic E-state index is -4.58. The van der Waals surface area contributed by atoms with Gasteiger partial charge in [-0.3, -0.25) is 4.90 Å². The first-order chi connectivity index (χ1) is 27.6. The van der Waals surface area contributed by atoms with E-state index in [-0.39, 0.29) is 65.5 Å². The van der Waals surface area contributed by atoms with Crippen molar-refractivity contribution >= 4 is 27.5 Å². The maximum Gasteiger partial charge on any atom is 0.434 e. The Morgan fingerprint density at radius 1 is 0.947 bits per heavy atom. The van der Waals surface area contributed by atoms with Crippen LogP contribution < -0.4 is 19.7 Å². The van der Waals surface area contributed by atoms with Crippen LogP contribution in [0.3, 0.4) is 0 Å². The van der Waals surface area contributed by atoms with Gasteiger partial charge in [0.25, 0.3) is 0 Å². The number of halogens is 5. The van der Waals surface area contributed by atoms with Crippen LogP contribution in [0.2, 0.25) is 0 Å². The summed E-state index contributed by atoms with van der Waals surface area (Å²) in [5, 5.41) is 5.44. The smallest absolute Gasteiger partial charge is 0.434 e. The average molecular weight is 783 g/mol. The number of alkyl halides is 3. The Morgan fingerprint density at radius 3 is 2.67 bits per heavy atom. The first kappa shape index (κ1) is 36.2. The SMILES string of the molecule is C#Cc1c(F)ccc2cccc(-c3nc4c5c(nc(OC[C@@]67CCCN6[C@H](COc6cnc(C(F)(F)F)cn6)CC7)nc5c3F)N3C[C@H]5CC[C@H](N5)[C@H]3CCC4)c12. The number of hydrogen-bond donors (Lipinski definition) is 1. The first-order valence-electron chi connectivity index (χ1n) is 19.6. The van der Waals surface area contributed by atoms with Crippen molar-refractivity contribution in [1.29, 1.82) is 0 Å². The van der Waals surface area contributed by atoms with Gasteiger partial charge in [0.2, 0.25) is 5.88 Å². The van der Waals surface area contributed by atoms with E-state index in [9.17, 15) is 13.2 Å². The molecule has 0 aliphatic carbocycles. The summed E-state index contributed by atoms with van der Waals surface area (Å²) in [5.41, 5.74) is -0.157. The van der Waals surface area contributed by atoms with Crippen LogP contribution in [0.1, 0.15) is 68.3 Å². The van der Waals surface area contributed by atoms with Crippen LogP contribution >= 0.6 is 0 Å². The Kier molecular flexibility index (Phi) is 8.71. The molecule has 0 unspecified atom stereocenters. The lowest BCUT2D eigenvalue weighted by Crippen LogP contribution is -2.58. The molecule has 2 aromatic carbocycles. The number of benzene rings is 2. The molecule has 0 radical (unpaired) electrons. The third-order valence-electron chi connectivity index (χ3n) is 12.8. The molecule has 5 aliphatic rings. The lowest BCUT2D eigenvalue weighted by molar-refractivity contribution is -0.141. The molecule has 0 amide bonds. The number of ether oxygens (including phenoxy) is 2. The van der Waals surface area contributed by atoms with Crippen molar-refractivity contribution in [1.82, 2.24) is 35.1 Å². The van der Waals surface area contributed by atoms with Crippen molar-refractivity contribution < 1.29 is 31.4 Å². The summed E-state index contributed by atoms with van der Waals surface area (Å²) in [7, 11) is 0. The predicted octanol–water partition coefficient (Wildman–Crippen LogP) is 7.01. The topological polar surface area (TPSA) is 101 Å². The molecule has 0 spiro atoms. The minimum Gasteiger partial charge on any atom is -0.475 e. The van der Waals surface area contributed by atoms with Crippen LogP contribution in [0.5, 0.6) is 11.9 Å². The van der Waals surface area contributed by atoms with Crippen LogP contribution in [-0.4, -0.2) is 85.8 Å². The highest BCUT2D eigenvalue weighted by atomic mass is 19.4. The molecule has 4 fully saturated rings. The van der Waals surface area contributed by atoms with Gasteiger partial charge in [0.15, 0.2) is 11.5 Å². The fourth-order valence-electron chi connectivity index (χ4n) is 10.2. The van der Waals surface area contributed by atoms with Crippen LogP contribution in [0.15, 0.2) is 42.7 Å². The van der Waals surface area contributed by atoms with Crippen molar-refractivity contribution in [2.75, 3.05) is 31.2 Å². The summed E-state index contributed by atoms with van der Waals surface area (Å²) in [5.74, 6) is 1.91. The van der Waals surface area contributed by atoms with Gasteiger partial charge < -0.3 is 19.7 Å². The Morgan fingerprint density at radius 2 is 1.84 bits per heavy atom. The summed E-state index contributed by atoms with van der Waals surface area (Å²) in [4.78, 5) is 26.8. The van der Waals surface area contributed by atoms with E-state index in [1.165, 1.54) is 6.07 Å². The number of terminal acetylenes is 1. The number of nitrogens with one attached hydrogen (secondary N) is 1. The van der Waals surface area contributed by atoms with E-state index in [0.29, 0.717) is 58.4 Å². The zero-order valence-electron chi connectivity index (χ0n) is 31.0. The number of pyridine rings is 1. The van der Waals surface area contributed by atoms with Gasteiger partial charge in [-0.05, 0) is 75.8 Å². The number of aryl methyl sites for hydroxylation is 1. The highest BCUT2D eigenvalue weighted by Crippen LogP contribution is 2.45. The third kappa shape index (κ3) is 6.10. The molecule has 15 heteroatoms. The number of piperazine rings is 1. The Balaban J connectivity index is 1.01. The number of anilines is 1. The fourth-order valence-corrected chi connectivity index (χ4v) is 10.2. The second-order valence-electron chi connectivity index (χ2n) is 16.0. The Hall–Kier alpha value is -5.20. The zero-order chi connectivity index (χ0) is 39.1. The Bertz CT molecular complexity index is 2440. The van der Waals surface area contributed by atoms with Gasteiger partial charge >= 0.3 is 12.2 Å². The summed E-state index contributed by atoms with van der Waals surface area (Å²) >= 11 is 0. The number of rotatable bonds is 7. The molecule has 0 saturated carbocycles. The zero-order valence-corrected chi connectivity index (χ0v) is 31.0. The quantitative estimate of drug-likeness (QED) is 0.137. The van der Waals surface area contributed by atoms with Gasteiger partial charge in [0.05, 0.1) is 34.6 Å². The molecule has 5 aliphatic heterocycles. The summed E-state index contributed by atoms with van der Waals surface area (Å²) in [6.45, 7) is 2.00. The van der Waals surface area contributed by atoms with Crippen molar-refractivity contribution in [3.63, 3.8) is 0 Å². The highest BCUT2D eigenvalue weighted by Gasteiger charge is 2.50. The van der Waals surface area contributed by atoms with E-state index in [1.54, 1.807) is 18.2 Å². The van der Waals surface area contributed by atoms with Crippen molar-refractivity contribution in [2.45, 2.75) is 93.7 Å². The maximum atomic E-state index is 17.4. The third-order valence-corrected chi connectivity index (χ3v) is 12.8. The van der Waals surface area contributed by atoms with E-state index in [4.69, 9.17) is 30.8 Å². The molecule has 294 valence electrons. The minimum absolute atomic E-state index is 0.0183. The number of nitrogens with zero attached hydrogens (tertiary/aromatic N) is 7. The standard InChI is InChI=1S/C42H39F5N8O2/c1-2-26-28(43)12-10-23-6-3-7-27(34(23)26)37-36(44)38-35-30(51-37)8-4-9-31-29-13-11-24(50-29)20-54(31)39(35)53-40(52-38)57-22-41-15-5-17-55(41)25(14-16-41)21-56-33-19-48-32(18-49-33)42(45,46)47/h1,3,6-7,10,12,18-19,24-25,29,31,50H,4-5,8-9,11,13-17,20-22H2/t24-,25+,29+,31-,41+/m1/s1. The molecule has 10 nitrogen and oxygen atoms in total. The monoisotopic (exact) mass is 782 g/mol. The van der Waals surface area contributed by atoms with Gasteiger partial charge in [-0.25, -0.2) is 23.7 Å². The maximum absolute atomic E-state index is 17.4. The predicted molar refractivity (Wildman–Crippen MR) is 202 cm³/mol. The molecule has 5 aromatic rings. The van der Waals surface area contributed by atoms with Gasteiger partial charge in [0, 0.05) is 41.7 Å². The number of fused-ring (bicyclic) bond motifs is 7. The van der Waals surface area contributed by atoms with E-state index < -0.39 is 23.5 Å². The molecule has 5 atom stereocenters. The molecule has 1 N–H and O–H groups in total. The molecule has 2 bridgehead atoms. The van der Waals surface area contributed by atoms with E-state index in [1.807, 2.05) is 6.07 Å². The summed E-state index contributed by atoms with van der Waals surface area (Å²) in [6, 6.07) is 9.07. The van der Waals surface area contributed by atoms with Crippen molar-refractivity contribution in [2.24, 2.45) is 0 Å². The van der Waals surface area contributed by atoms with Gasteiger partial charge in [-0.2, -0.15) is 23.1 Å². The average Bonchev–Trinajstić information content (AvgIpc) is 3.90. The van der Waals surface area contributed by atoms with Crippen LogP contribution in [0, 0.1) is 24.0 Å². The van der Waals surface area contributed by atoms with Gasteiger partial charge in [0.1, 0.15) is 36.1 Å². The van der Waals surface area contributed by atoms with E-state index in [2.05, 4.69) is 31.0 Å². The molecule has 8 heterocycles. The van der Waals surface area contributed by atoms with Gasteiger partial charge in [-0.1, -0.05) is 30.2 Å². The van der Waals surface area contributed by atoms with Crippen LogP contribution in [0.25, 0.3) is 32.9 Å². The molecule has 4 saturated heterocycles. The van der Waals surface area contributed by atoms with Crippen LogP contribution in [-0.2, 0) is 12.6 Å². The first-order valence-corrected chi connectivity index (χ1v) is 19.6. The van der Waals surface area contributed by atoms with Crippen molar-refractivity contribution in [3.8, 4) is 35.5 Å². The molecule has 3 aromatic heterocycles. The molecule has 10 rings (SSSR count). The van der Waals surface area contributed by atoms with E-state index in [0.717, 1.165) is 64.1 Å². The van der Waals surface area contributed by atoms with E-state index >= 15 is 8.78 Å². The summed E-state index contributed by atoms with van der Waals surface area (Å²) < 4.78 is 83.9. The molecule has 57 heavy (non-hydrogen) atoms. The lowest BCUT2D eigenvalue weighted by atomic mass is 9.93. The summed E-state index contributed by atoms with van der Waals surface area (Å²) in [6.07, 6.45) is 10.7.